The number of ether oxygens (including phenoxy) is 1. The molecule has 0 unspecified atom stereocenters. The molecule has 0 radical (unpaired) electrons. The van der Waals surface area contributed by atoms with E-state index in [2.05, 4.69) is 4.98 Å². The van der Waals surface area contributed by atoms with Gasteiger partial charge in [-0.1, -0.05) is 0 Å². The van der Waals surface area contributed by atoms with E-state index in [1.54, 1.807) is 6.07 Å². The van der Waals surface area contributed by atoms with Crippen LogP contribution in [0.25, 0.3) is 0 Å². The first-order valence-corrected chi connectivity index (χ1v) is 3.92. The van der Waals surface area contributed by atoms with E-state index in [-0.39, 0.29) is 6.61 Å². The average Bonchev–Trinajstić information content (AvgIpc) is 2.16. The van der Waals surface area contributed by atoms with Gasteiger partial charge in [0.05, 0.1) is 11.9 Å². The molecule has 0 aromatic carbocycles. The lowest BCUT2D eigenvalue weighted by Gasteiger charge is -2.10. The van der Waals surface area contributed by atoms with E-state index in [1.165, 1.54) is 12.4 Å². The number of hydrogen-bond acceptors (Lipinski definition) is 5. The number of pyridine rings is 1. The predicted octanol–water partition coefficient (Wildman–Crippen LogP) is -0.545. The Labute approximate surface area is 80.5 Å². The Morgan fingerprint density at radius 3 is 3.00 bits per heavy atom. The van der Waals surface area contributed by atoms with Crippen molar-refractivity contribution in [1.82, 2.24) is 4.98 Å². The Morgan fingerprint density at radius 1 is 1.71 bits per heavy atom. The van der Waals surface area contributed by atoms with Gasteiger partial charge in [0.25, 0.3) is 0 Å². The van der Waals surface area contributed by atoms with E-state index in [0.717, 1.165) is 0 Å². The van der Waals surface area contributed by atoms with Crippen LogP contribution >= 0.6 is 0 Å². The Bertz CT molecular complexity index is 329. The molecule has 1 atom stereocenters. The number of hydrogen-bond donors (Lipinski definition) is 3. The van der Waals surface area contributed by atoms with Gasteiger partial charge in [0.1, 0.15) is 18.4 Å². The van der Waals surface area contributed by atoms with Crippen LogP contribution < -0.4 is 16.2 Å². The van der Waals surface area contributed by atoms with Crippen molar-refractivity contribution in [3.8, 4) is 5.75 Å². The molecule has 76 valence electrons. The van der Waals surface area contributed by atoms with Crippen LogP contribution in [-0.2, 0) is 4.79 Å². The van der Waals surface area contributed by atoms with Crippen molar-refractivity contribution in [2.45, 2.75) is 6.04 Å². The highest BCUT2D eigenvalue weighted by Crippen LogP contribution is 2.18. The van der Waals surface area contributed by atoms with Crippen molar-refractivity contribution in [2.24, 2.45) is 5.73 Å². The van der Waals surface area contributed by atoms with Crippen LogP contribution in [0.2, 0.25) is 0 Å². The van der Waals surface area contributed by atoms with E-state index in [9.17, 15) is 4.79 Å². The first kappa shape index (κ1) is 10.3. The summed E-state index contributed by atoms with van der Waals surface area (Å²) in [5.74, 6) is -0.727. The van der Waals surface area contributed by atoms with Gasteiger partial charge in [0, 0.05) is 12.3 Å². The maximum atomic E-state index is 10.4. The number of carbonyl (C=O) groups is 1. The van der Waals surface area contributed by atoms with E-state index in [4.69, 9.17) is 21.3 Å². The summed E-state index contributed by atoms with van der Waals surface area (Å²) in [5.41, 5.74) is 11.1. The maximum absolute atomic E-state index is 10.4. The summed E-state index contributed by atoms with van der Waals surface area (Å²) in [6, 6.07) is 0.492. The van der Waals surface area contributed by atoms with Crippen LogP contribution in [0.15, 0.2) is 18.5 Å². The molecule has 0 aliphatic carbocycles. The molecule has 1 aromatic heterocycles. The molecule has 0 bridgehead atoms. The number of nitrogen functional groups attached to an aromatic ring is 1. The Balaban J connectivity index is 2.54. The molecular weight excluding hydrogens is 186 g/mol. The number of carboxylic acid groups (broad SMARTS) is 1. The van der Waals surface area contributed by atoms with Crippen LogP contribution in [0.4, 0.5) is 5.69 Å². The Kier molecular flexibility index (Phi) is 3.24. The van der Waals surface area contributed by atoms with Crippen molar-refractivity contribution in [3.05, 3.63) is 18.5 Å². The lowest BCUT2D eigenvalue weighted by atomic mass is 10.3. The van der Waals surface area contributed by atoms with Gasteiger partial charge in [-0.3, -0.25) is 9.78 Å². The second-order valence-electron chi connectivity index (χ2n) is 2.67. The molecule has 0 aliphatic rings. The summed E-state index contributed by atoms with van der Waals surface area (Å²) in [4.78, 5) is 14.1. The molecule has 1 heterocycles. The second-order valence-corrected chi connectivity index (χ2v) is 2.67. The third kappa shape index (κ3) is 2.60. The zero-order valence-corrected chi connectivity index (χ0v) is 7.38. The molecule has 0 saturated heterocycles. The summed E-state index contributed by atoms with van der Waals surface area (Å²) in [5, 5.41) is 8.48. The highest BCUT2D eigenvalue weighted by molar-refractivity contribution is 5.73. The number of aromatic nitrogens is 1. The molecule has 0 aliphatic heterocycles. The van der Waals surface area contributed by atoms with Gasteiger partial charge in [-0.15, -0.1) is 0 Å². The number of rotatable bonds is 4. The monoisotopic (exact) mass is 197 g/mol. The molecule has 0 fully saturated rings. The third-order valence-electron chi connectivity index (χ3n) is 1.55. The smallest absolute Gasteiger partial charge is 0.324 e. The van der Waals surface area contributed by atoms with Crippen molar-refractivity contribution < 1.29 is 14.6 Å². The van der Waals surface area contributed by atoms with Crippen molar-refractivity contribution in [3.63, 3.8) is 0 Å². The van der Waals surface area contributed by atoms with Gasteiger partial charge in [-0.25, -0.2) is 0 Å². The van der Waals surface area contributed by atoms with E-state index in [1.807, 2.05) is 0 Å². The average molecular weight is 197 g/mol. The topological polar surface area (TPSA) is 111 Å². The fraction of sp³-hybridized carbons (Fsp3) is 0.250. The standard InChI is InChI=1S/C8H11N3O3/c9-5-3-11-2-1-7(5)14-4-6(10)8(12)13/h1-3,6H,4,9-10H2,(H,12,13)/t6-/m0/s1. The van der Waals surface area contributed by atoms with Crippen molar-refractivity contribution in [2.75, 3.05) is 12.3 Å². The van der Waals surface area contributed by atoms with E-state index >= 15 is 0 Å². The molecule has 1 rings (SSSR count). The fourth-order valence-electron chi connectivity index (χ4n) is 0.776. The van der Waals surface area contributed by atoms with Crippen molar-refractivity contribution >= 4 is 11.7 Å². The Morgan fingerprint density at radius 2 is 2.43 bits per heavy atom. The molecular formula is C8H11N3O3. The first-order valence-electron chi connectivity index (χ1n) is 3.92. The molecule has 14 heavy (non-hydrogen) atoms. The number of aliphatic carboxylic acids is 1. The molecule has 0 amide bonds. The molecule has 0 spiro atoms. The van der Waals surface area contributed by atoms with Gasteiger partial charge in [-0.05, 0) is 0 Å². The zero-order chi connectivity index (χ0) is 10.6. The van der Waals surface area contributed by atoms with Gasteiger partial charge >= 0.3 is 5.97 Å². The van der Waals surface area contributed by atoms with Crippen LogP contribution in [0.3, 0.4) is 0 Å². The Hall–Kier alpha value is -1.82. The highest BCUT2D eigenvalue weighted by Gasteiger charge is 2.12. The van der Waals surface area contributed by atoms with Crippen LogP contribution in [0.5, 0.6) is 5.75 Å². The minimum atomic E-state index is -1.11. The maximum Gasteiger partial charge on any atom is 0.324 e. The van der Waals surface area contributed by atoms with Gasteiger partial charge in [-0.2, -0.15) is 0 Å². The van der Waals surface area contributed by atoms with E-state index in [0.29, 0.717) is 11.4 Å². The van der Waals surface area contributed by atoms with Crippen LogP contribution in [-0.4, -0.2) is 28.7 Å². The number of nitrogens with zero attached hydrogens (tertiary/aromatic N) is 1. The minimum Gasteiger partial charge on any atom is -0.489 e. The lowest BCUT2D eigenvalue weighted by Crippen LogP contribution is -2.36. The fourth-order valence-corrected chi connectivity index (χ4v) is 0.776. The highest BCUT2D eigenvalue weighted by atomic mass is 16.5. The zero-order valence-electron chi connectivity index (χ0n) is 7.38. The van der Waals surface area contributed by atoms with Crippen LogP contribution in [0, 0.1) is 0 Å². The number of nitrogens with two attached hydrogens (primary N) is 2. The van der Waals surface area contributed by atoms with E-state index < -0.39 is 12.0 Å². The summed E-state index contributed by atoms with van der Waals surface area (Å²) in [6.45, 7) is -0.121. The first-order chi connectivity index (χ1) is 6.61. The van der Waals surface area contributed by atoms with Gasteiger partial charge in [0.2, 0.25) is 0 Å². The minimum absolute atomic E-state index is 0.121. The summed E-state index contributed by atoms with van der Waals surface area (Å²) >= 11 is 0. The largest absolute Gasteiger partial charge is 0.489 e. The lowest BCUT2D eigenvalue weighted by molar-refractivity contribution is -0.139. The number of anilines is 1. The summed E-state index contributed by atoms with van der Waals surface area (Å²) < 4.78 is 5.09. The second kappa shape index (κ2) is 4.43. The predicted molar refractivity (Wildman–Crippen MR) is 49.8 cm³/mol. The molecule has 6 heteroatoms. The SMILES string of the molecule is Nc1cnccc1OC[C@H](N)C(=O)O. The number of carboxylic acids is 1. The molecule has 1 aromatic rings. The third-order valence-corrected chi connectivity index (χ3v) is 1.55. The summed E-state index contributed by atoms with van der Waals surface area (Å²) in [7, 11) is 0. The molecule has 5 N–H and O–H groups in total. The van der Waals surface area contributed by atoms with Gasteiger partial charge in [0.15, 0.2) is 0 Å². The van der Waals surface area contributed by atoms with Crippen molar-refractivity contribution in [1.29, 1.82) is 0 Å². The normalized spacial score (nSPS) is 12.1. The molecule has 6 nitrogen and oxygen atoms in total. The van der Waals surface area contributed by atoms with Crippen LogP contribution in [0.1, 0.15) is 0 Å². The van der Waals surface area contributed by atoms with Gasteiger partial charge < -0.3 is 21.3 Å². The summed E-state index contributed by atoms with van der Waals surface area (Å²) in [6.07, 6.45) is 2.92. The quantitative estimate of drug-likeness (QED) is 0.597. The molecule has 0 saturated carbocycles.